The molecule has 0 fully saturated rings. The topological polar surface area (TPSA) is 35.5 Å². The fourth-order valence-electron chi connectivity index (χ4n) is 3.45. The first-order valence-electron chi connectivity index (χ1n) is 11.4. The number of para-hydroxylation sites is 1. The van der Waals surface area contributed by atoms with Crippen LogP contribution in [0.25, 0.3) is 11.1 Å². The molecule has 0 aromatic heterocycles. The van der Waals surface area contributed by atoms with Crippen molar-refractivity contribution in [2.24, 2.45) is 0 Å². The number of hydrogen-bond donors (Lipinski definition) is 0. The molecule has 0 heterocycles. The van der Waals surface area contributed by atoms with E-state index in [1.165, 1.54) is 38.5 Å². The Morgan fingerprint density at radius 1 is 0.645 bits per heavy atom. The number of carbonyl (C=O) groups excluding carboxylic acids is 1. The van der Waals surface area contributed by atoms with Crippen LogP contribution in [0.3, 0.4) is 0 Å². The second kappa shape index (κ2) is 12.6. The van der Waals surface area contributed by atoms with Crippen molar-refractivity contribution in [3.05, 3.63) is 84.4 Å². The van der Waals surface area contributed by atoms with Gasteiger partial charge in [-0.15, -0.1) is 0 Å². The first-order chi connectivity index (χ1) is 15.3. The van der Waals surface area contributed by atoms with Crippen molar-refractivity contribution in [1.82, 2.24) is 0 Å². The van der Waals surface area contributed by atoms with Crippen molar-refractivity contribution in [2.45, 2.75) is 51.9 Å². The van der Waals surface area contributed by atoms with Gasteiger partial charge in [0.25, 0.3) is 0 Å². The lowest BCUT2D eigenvalue weighted by Crippen LogP contribution is -2.08. The number of carbonyl (C=O) groups is 1. The predicted molar refractivity (Wildman–Crippen MR) is 127 cm³/mol. The first kappa shape index (κ1) is 22.6. The first-order valence-corrected chi connectivity index (χ1v) is 11.4. The van der Waals surface area contributed by atoms with E-state index in [0.29, 0.717) is 11.3 Å². The van der Waals surface area contributed by atoms with Crippen LogP contribution >= 0.6 is 0 Å². The number of esters is 1. The van der Waals surface area contributed by atoms with Gasteiger partial charge in [0.1, 0.15) is 11.5 Å². The summed E-state index contributed by atoms with van der Waals surface area (Å²) in [6.45, 7) is 3.02. The minimum atomic E-state index is -0.355. The lowest BCUT2D eigenvalue weighted by Gasteiger charge is -2.08. The van der Waals surface area contributed by atoms with Gasteiger partial charge >= 0.3 is 5.97 Å². The maximum atomic E-state index is 12.3. The number of hydrogen-bond acceptors (Lipinski definition) is 3. The van der Waals surface area contributed by atoms with Crippen LogP contribution in [0.2, 0.25) is 0 Å². The second-order valence-electron chi connectivity index (χ2n) is 7.77. The van der Waals surface area contributed by atoms with E-state index in [1.54, 1.807) is 24.3 Å². The van der Waals surface area contributed by atoms with Crippen molar-refractivity contribution in [3.8, 4) is 22.6 Å². The molecule has 0 unspecified atom stereocenters. The van der Waals surface area contributed by atoms with E-state index in [1.807, 2.05) is 42.5 Å². The summed E-state index contributed by atoms with van der Waals surface area (Å²) in [5.41, 5.74) is 2.67. The summed E-state index contributed by atoms with van der Waals surface area (Å²) < 4.78 is 11.3. The van der Waals surface area contributed by atoms with Crippen LogP contribution in [-0.2, 0) is 0 Å². The summed E-state index contributed by atoms with van der Waals surface area (Å²) in [4.78, 5) is 12.3. The van der Waals surface area contributed by atoms with Crippen LogP contribution in [0, 0.1) is 0 Å². The molecule has 3 rings (SSSR count). The van der Waals surface area contributed by atoms with Crippen molar-refractivity contribution < 1.29 is 14.3 Å². The molecule has 162 valence electrons. The molecule has 3 heteroatoms. The highest BCUT2D eigenvalue weighted by Crippen LogP contribution is 2.23. The Hall–Kier alpha value is -3.07. The van der Waals surface area contributed by atoms with E-state index in [9.17, 15) is 4.79 Å². The summed E-state index contributed by atoms with van der Waals surface area (Å²) in [6, 6.07) is 24.7. The minimum absolute atomic E-state index is 0.355. The van der Waals surface area contributed by atoms with Crippen LogP contribution in [-0.4, -0.2) is 12.6 Å². The van der Waals surface area contributed by atoms with Gasteiger partial charge in [-0.05, 0) is 53.9 Å². The molecule has 3 aromatic rings. The Labute approximate surface area is 186 Å². The summed E-state index contributed by atoms with van der Waals surface area (Å²) in [5, 5.41) is 0. The van der Waals surface area contributed by atoms with Crippen molar-refractivity contribution in [3.63, 3.8) is 0 Å². The van der Waals surface area contributed by atoms with E-state index in [-0.39, 0.29) is 5.97 Å². The molecule has 0 aliphatic rings. The Morgan fingerprint density at radius 3 is 1.87 bits per heavy atom. The van der Waals surface area contributed by atoms with Gasteiger partial charge in [0.2, 0.25) is 0 Å². The van der Waals surface area contributed by atoms with E-state index in [0.717, 1.165) is 29.9 Å². The van der Waals surface area contributed by atoms with Crippen LogP contribution in [0.5, 0.6) is 11.5 Å². The van der Waals surface area contributed by atoms with Crippen molar-refractivity contribution in [1.29, 1.82) is 0 Å². The summed E-state index contributed by atoms with van der Waals surface area (Å²) in [5.74, 6) is 1.09. The van der Waals surface area contributed by atoms with Crippen LogP contribution in [0.15, 0.2) is 78.9 Å². The summed E-state index contributed by atoms with van der Waals surface area (Å²) >= 11 is 0. The van der Waals surface area contributed by atoms with Crippen LogP contribution in [0.1, 0.15) is 62.2 Å². The van der Waals surface area contributed by atoms with Gasteiger partial charge in [-0.3, -0.25) is 0 Å². The van der Waals surface area contributed by atoms with E-state index in [2.05, 4.69) is 19.1 Å². The molecule has 0 saturated carbocycles. The van der Waals surface area contributed by atoms with E-state index in [4.69, 9.17) is 9.47 Å². The molecule has 3 aromatic carbocycles. The third-order valence-electron chi connectivity index (χ3n) is 5.28. The average Bonchev–Trinajstić information content (AvgIpc) is 2.82. The molecule has 0 aliphatic carbocycles. The summed E-state index contributed by atoms with van der Waals surface area (Å²) in [6.07, 6.45) is 8.99. The molecule has 31 heavy (non-hydrogen) atoms. The zero-order chi connectivity index (χ0) is 21.7. The average molecular weight is 417 g/mol. The van der Waals surface area contributed by atoms with Crippen molar-refractivity contribution >= 4 is 5.97 Å². The molecule has 0 aliphatic heterocycles. The quantitative estimate of drug-likeness (QED) is 0.172. The number of rotatable bonds is 12. The fraction of sp³-hybridized carbons (Fsp3) is 0.321. The lowest BCUT2D eigenvalue weighted by molar-refractivity contribution is 0.0735. The maximum absolute atomic E-state index is 12.3. The number of benzene rings is 3. The largest absolute Gasteiger partial charge is 0.494 e. The highest BCUT2D eigenvalue weighted by atomic mass is 16.5. The Morgan fingerprint density at radius 2 is 1.23 bits per heavy atom. The summed E-state index contributed by atoms with van der Waals surface area (Å²) in [7, 11) is 0. The molecular formula is C28H32O3. The Balaban J connectivity index is 1.44. The Bertz CT molecular complexity index is 899. The molecule has 0 N–H and O–H groups in total. The van der Waals surface area contributed by atoms with Crippen LogP contribution in [0.4, 0.5) is 0 Å². The highest BCUT2D eigenvalue weighted by Gasteiger charge is 2.09. The van der Waals surface area contributed by atoms with Gasteiger partial charge in [-0.2, -0.15) is 0 Å². The SMILES string of the molecule is CCCCCCCCCOc1ccc(-c2ccc(C(=O)Oc3ccccc3)cc2)cc1. The molecular weight excluding hydrogens is 384 g/mol. The van der Waals surface area contributed by atoms with Gasteiger partial charge in [-0.1, -0.05) is 87.9 Å². The molecule has 0 radical (unpaired) electrons. The van der Waals surface area contributed by atoms with E-state index >= 15 is 0 Å². The van der Waals surface area contributed by atoms with Gasteiger partial charge in [0, 0.05) is 0 Å². The minimum Gasteiger partial charge on any atom is -0.494 e. The van der Waals surface area contributed by atoms with E-state index < -0.39 is 0 Å². The predicted octanol–water partition coefficient (Wildman–Crippen LogP) is 7.70. The lowest BCUT2D eigenvalue weighted by atomic mass is 10.0. The van der Waals surface area contributed by atoms with Crippen molar-refractivity contribution in [2.75, 3.05) is 6.61 Å². The Kier molecular flexibility index (Phi) is 9.18. The van der Waals surface area contributed by atoms with Gasteiger partial charge in [0.05, 0.1) is 12.2 Å². The maximum Gasteiger partial charge on any atom is 0.343 e. The van der Waals surface area contributed by atoms with Crippen LogP contribution < -0.4 is 9.47 Å². The normalized spacial score (nSPS) is 10.6. The number of unbranched alkanes of at least 4 members (excludes halogenated alkanes) is 6. The van der Waals surface area contributed by atoms with Gasteiger partial charge in [0.15, 0.2) is 0 Å². The molecule has 0 spiro atoms. The second-order valence-corrected chi connectivity index (χ2v) is 7.77. The smallest absolute Gasteiger partial charge is 0.343 e. The third-order valence-corrected chi connectivity index (χ3v) is 5.28. The molecule has 0 saturated heterocycles. The standard InChI is InChI=1S/C28H32O3/c1-2-3-4-5-6-7-11-22-30-26-20-18-24(19-21-26)23-14-16-25(17-15-23)28(29)31-27-12-9-8-10-13-27/h8-10,12-21H,2-7,11,22H2,1H3. The molecule has 0 atom stereocenters. The molecule has 3 nitrogen and oxygen atoms in total. The highest BCUT2D eigenvalue weighted by molar-refractivity contribution is 5.91. The molecule has 0 bridgehead atoms. The van der Waals surface area contributed by atoms with Gasteiger partial charge < -0.3 is 9.47 Å². The fourth-order valence-corrected chi connectivity index (χ4v) is 3.45. The monoisotopic (exact) mass is 416 g/mol. The zero-order valence-electron chi connectivity index (χ0n) is 18.4. The zero-order valence-corrected chi connectivity index (χ0v) is 18.4. The molecule has 0 amide bonds. The third kappa shape index (κ3) is 7.60. The number of ether oxygens (including phenoxy) is 2. The van der Waals surface area contributed by atoms with Gasteiger partial charge in [-0.25, -0.2) is 4.79 Å².